The first-order valence-electron chi connectivity index (χ1n) is 6.35. The van der Waals surface area contributed by atoms with Gasteiger partial charge in [0, 0.05) is 43.8 Å². The van der Waals surface area contributed by atoms with E-state index in [-0.39, 0.29) is 17.9 Å². The van der Waals surface area contributed by atoms with E-state index in [2.05, 4.69) is 15.9 Å². The lowest BCUT2D eigenvalue weighted by molar-refractivity contribution is -0.139. The molecule has 2 fully saturated rings. The highest BCUT2D eigenvalue weighted by Crippen LogP contribution is 2.23. The Morgan fingerprint density at radius 3 is 2.94 bits per heavy atom. The Balaban J connectivity index is 1.80. The lowest BCUT2D eigenvalue weighted by Crippen LogP contribution is -2.53. The predicted molar refractivity (Wildman–Crippen MR) is 69.0 cm³/mol. The van der Waals surface area contributed by atoms with Gasteiger partial charge in [-0.25, -0.2) is 0 Å². The molecule has 0 saturated carbocycles. The van der Waals surface area contributed by atoms with E-state index in [0.717, 1.165) is 44.2 Å². The number of hydrogen-bond acceptors (Lipinski definition) is 2. The van der Waals surface area contributed by atoms with Crippen LogP contribution in [0.15, 0.2) is 0 Å². The van der Waals surface area contributed by atoms with Gasteiger partial charge in [0.15, 0.2) is 0 Å². The molecule has 2 amide bonds. The van der Waals surface area contributed by atoms with Gasteiger partial charge in [0.25, 0.3) is 0 Å². The van der Waals surface area contributed by atoms with Gasteiger partial charge in [0.1, 0.15) is 0 Å². The average Bonchev–Trinajstić information content (AvgIpc) is 2.71. The minimum atomic E-state index is 0.255. The fraction of sp³-hybridized carbons (Fsp3) is 0.833. The van der Waals surface area contributed by atoms with Crippen molar-refractivity contribution in [3.8, 4) is 0 Å². The zero-order valence-corrected chi connectivity index (χ0v) is 11.6. The second kappa shape index (κ2) is 5.85. The predicted octanol–water partition coefficient (Wildman–Crippen LogP) is 1.38. The first-order valence-corrected chi connectivity index (χ1v) is 7.47. The Labute approximate surface area is 110 Å². The molecule has 5 heteroatoms. The number of alkyl halides is 1. The maximum Gasteiger partial charge on any atom is 0.223 e. The molecule has 0 radical (unpaired) electrons. The summed E-state index contributed by atoms with van der Waals surface area (Å²) >= 11 is 3.37. The molecule has 2 aliphatic heterocycles. The monoisotopic (exact) mass is 302 g/mol. The van der Waals surface area contributed by atoms with Crippen molar-refractivity contribution in [1.82, 2.24) is 9.80 Å². The second-order valence-corrected chi connectivity index (χ2v) is 5.56. The highest BCUT2D eigenvalue weighted by Gasteiger charge is 2.36. The zero-order chi connectivity index (χ0) is 12.3. The van der Waals surface area contributed by atoms with Crippen molar-refractivity contribution in [3.05, 3.63) is 0 Å². The number of fused-ring (bicyclic) bond motifs is 1. The molecule has 1 atom stereocenters. The summed E-state index contributed by atoms with van der Waals surface area (Å²) < 4.78 is 0. The third kappa shape index (κ3) is 3.00. The smallest absolute Gasteiger partial charge is 0.223 e. The highest BCUT2D eigenvalue weighted by molar-refractivity contribution is 9.09. The van der Waals surface area contributed by atoms with Crippen molar-refractivity contribution in [1.29, 1.82) is 0 Å². The third-order valence-corrected chi connectivity index (χ3v) is 4.18. The molecule has 0 aromatic carbocycles. The van der Waals surface area contributed by atoms with Gasteiger partial charge in [-0.15, -0.1) is 0 Å². The van der Waals surface area contributed by atoms with Crippen LogP contribution >= 0.6 is 15.9 Å². The minimum absolute atomic E-state index is 0.255. The molecule has 4 nitrogen and oxygen atoms in total. The van der Waals surface area contributed by atoms with Crippen molar-refractivity contribution in [2.45, 2.75) is 38.1 Å². The van der Waals surface area contributed by atoms with Crippen LogP contribution in [-0.4, -0.2) is 52.6 Å². The SMILES string of the molecule is O=C(CCCCBr)N1CCN2C(=O)CCC2C1. The summed E-state index contributed by atoms with van der Waals surface area (Å²) in [6.45, 7) is 2.20. The van der Waals surface area contributed by atoms with Crippen molar-refractivity contribution < 1.29 is 9.59 Å². The Hall–Kier alpha value is -0.580. The summed E-state index contributed by atoms with van der Waals surface area (Å²) in [6.07, 6.45) is 4.23. The summed E-state index contributed by atoms with van der Waals surface area (Å²) in [5, 5.41) is 0.963. The molecule has 96 valence electrons. The van der Waals surface area contributed by atoms with Crippen molar-refractivity contribution in [2.24, 2.45) is 0 Å². The molecule has 1 unspecified atom stereocenters. The van der Waals surface area contributed by atoms with Gasteiger partial charge in [0.2, 0.25) is 11.8 Å². The van der Waals surface area contributed by atoms with Crippen LogP contribution in [0.3, 0.4) is 0 Å². The summed E-state index contributed by atoms with van der Waals surface area (Å²) in [5.74, 6) is 0.520. The van der Waals surface area contributed by atoms with Crippen LogP contribution in [0, 0.1) is 0 Å². The van der Waals surface area contributed by atoms with Crippen LogP contribution in [0.5, 0.6) is 0 Å². The quantitative estimate of drug-likeness (QED) is 0.581. The number of nitrogens with zero attached hydrogens (tertiary/aromatic N) is 2. The van der Waals surface area contributed by atoms with E-state index in [1.54, 1.807) is 0 Å². The van der Waals surface area contributed by atoms with Gasteiger partial charge < -0.3 is 9.80 Å². The molecule has 17 heavy (non-hydrogen) atoms. The zero-order valence-electron chi connectivity index (χ0n) is 10.0. The Kier molecular flexibility index (Phi) is 4.42. The van der Waals surface area contributed by atoms with Gasteiger partial charge in [0.05, 0.1) is 0 Å². The molecule has 2 rings (SSSR count). The first-order chi connectivity index (χ1) is 8.22. The molecule has 2 heterocycles. The van der Waals surface area contributed by atoms with Crippen LogP contribution in [0.1, 0.15) is 32.1 Å². The highest BCUT2D eigenvalue weighted by atomic mass is 79.9. The van der Waals surface area contributed by atoms with Gasteiger partial charge in [-0.05, 0) is 19.3 Å². The molecule has 0 N–H and O–H groups in total. The van der Waals surface area contributed by atoms with Gasteiger partial charge in [-0.3, -0.25) is 9.59 Å². The second-order valence-electron chi connectivity index (χ2n) is 4.77. The molecule has 0 aliphatic carbocycles. The molecule has 2 saturated heterocycles. The number of rotatable bonds is 4. The van der Waals surface area contributed by atoms with E-state index >= 15 is 0 Å². The first kappa shape index (κ1) is 12.9. The van der Waals surface area contributed by atoms with E-state index in [9.17, 15) is 9.59 Å². The maximum absolute atomic E-state index is 12.0. The van der Waals surface area contributed by atoms with Crippen LogP contribution in [0.2, 0.25) is 0 Å². The Bertz CT molecular complexity index is 309. The summed E-state index contributed by atoms with van der Waals surface area (Å²) in [7, 11) is 0. The van der Waals surface area contributed by atoms with Crippen LogP contribution < -0.4 is 0 Å². The fourth-order valence-corrected chi connectivity index (χ4v) is 3.02. The van der Waals surface area contributed by atoms with E-state index in [1.807, 2.05) is 9.80 Å². The van der Waals surface area contributed by atoms with Crippen molar-refractivity contribution in [3.63, 3.8) is 0 Å². The third-order valence-electron chi connectivity index (χ3n) is 3.62. The fourth-order valence-electron chi connectivity index (χ4n) is 2.62. The normalized spacial score (nSPS) is 24.1. The van der Waals surface area contributed by atoms with Crippen molar-refractivity contribution in [2.75, 3.05) is 25.0 Å². The van der Waals surface area contributed by atoms with E-state index in [1.165, 1.54) is 0 Å². The Morgan fingerprint density at radius 1 is 1.35 bits per heavy atom. The minimum Gasteiger partial charge on any atom is -0.339 e. The van der Waals surface area contributed by atoms with E-state index in [4.69, 9.17) is 0 Å². The maximum atomic E-state index is 12.0. The number of carbonyl (C=O) groups excluding carboxylic acids is 2. The van der Waals surface area contributed by atoms with Gasteiger partial charge >= 0.3 is 0 Å². The Morgan fingerprint density at radius 2 is 2.18 bits per heavy atom. The largest absolute Gasteiger partial charge is 0.339 e. The standard InChI is InChI=1S/C12H19BrN2O2/c13-6-2-1-3-11(16)14-7-8-15-10(9-14)4-5-12(15)17/h10H,1-9H2. The topological polar surface area (TPSA) is 40.6 Å². The lowest BCUT2D eigenvalue weighted by Gasteiger charge is -2.37. The number of hydrogen-bond donors (Lipinski definition) is 0. The molecule has 0 bridgehead atoms. The number of carbonyl (C=O) groups is 2. The molecule has 0 aromatic rings. The van der Waals surface area contributed by atoms with Gasteiger partial charge in [-0.1, -0.05) is 15.9 Å². The molecular weight excluding hydrogens is 284 g/mol. The molecule has 0 spiro atoms. The number of amides is 2. The molecule has 0 aromatic heterocycles. The lowest BCUT2D eigenvalue weighted by atomic mass is 10.1. The van der Waals surface area contributed by atoms with Gasteiger partial charge in [-0.2, -0.15) is 0 Å². The van der Waals surface area contributed by atoms with E-state index in [0.29, 0.717) is 12.8 Å². The van der Waals surface area contributed by atoms with E-state index < -0.39 is 0 Å². The van der Waals surface area contributed by atoms with Crippen LogP contribution in [-0.2, 0) is 9.59 Å². The van der Waals surface area contributed by atoms with Crippen molar-refractivity contribution >= 4 is 27.7 Å². The van der Waals surface area contributed by atoms with Crippen LogP contribution in [0.25, 0.3) is 0 Å². The summed E-state index contributed by atoms with van der Waals surface area (Å²) in [6, 6.07) is 0.288. The number of halogens is 1. The summed E-state index contributed by atoms with van der Waals surface area (Å²) in [4.78, 5) is 27.3. The number of piperazine rings is 1. The summed E-state index contributed by atoms with van der Waals surface area (Å²) in [5.41, 5.74) is 0. The molecular formula is C12H19BrN2O2. The van der Waals surface area contributed by atoms with Crippen LogP contribution in [0.4, 0.5) is 0 Å². The number of unbranched alkanes of at least 4 members (excludes halogenated alkanes) is 1. The average molecular weight is 303 g/mol. The molecule has 2 aliphatic rings.